The molecule has 0 aromatic heterocycles. The molecule has 0 amide bonds. The molecule has 0 bridgehead atoms. The molecule has 0 heterocycles. The van der Waals surface area contributed by atoms with Crippen LogP contribution in [-0.2, 0) is 5.54 Å². The highest BCUT2D eigenvalue weighted by Gasteiger charge is 2.30. The SMILES string of the molecule is C=C=C1CC(=C)c2cc(C(C)(N)c3ccc4c(c3)C(=C=C)C/C4=C\CC)ccc21. The van der Waals surface area contributed by atoms with E-state index < -0.39 is 5.54 Å². The Morgan fingerprint density at radius 1 is 0.931 bits per heavy atom. The maximum atomic E-state index is 6.92. The molecule has 144 valence electrons. The molecule has 1 atom stereocenters. The summed E-state index contributed by atoms with van der Waals surface area (Å²) in [6, 6.07) is 13.0. The van der Waals surface area contributed by atoms with Crippen molar-refractivity contribution in [3.63, 3.8) is 0 Å². The van der Waals surface area contributed by atoms with Gasteiger partial charge in [-0.25, -0.2) is 0 Å². The van der Waals surface area contributed by atoms with Crippen molar-refractivity contribution < 1.29 is 0 Å². The van der Waals surface area contributed by atoms with Crippen LogP contribution in [0.2, 0.25) is 0 Å². The summed E-state index contributed by atoms with van der Waals surface area (Å²) in [5.74, 6) is 0. The number of hydrogen-bond donors (Lipinski definition) is 1. The fraction of sp³-hybridized carbons (Fsp3) is 0.214. The second-order valence-electron chi connectivity index (χ2n) is 8.13. The van der Waals surface area contributed by atoms with Crippen molar-refractivity contribution in [3.05, 3.63) is 107 Å². The Balaban J connectivity index is 1.81. The van der Waals surface area contributed by atoms with Crippen molar-refractivity contribution in [2.75, 3.05) is 0 Å². The van der Waals surface area contributed by atoms with Crippen molar-refractivity contribution >= 4 is 22.3 Å². The zero-order valence-electron chi connectivity index (χ0n) is 17.4. The quantitative estimate of drug-likeness (QED) is 0.581. The summed E-state index contributed by atoms with van der Waals surface area (Å²) in [5.41, 5.74) is 24.2. The van der Waals surface area contributed by atoms with E-state index in [1.807, 2.05) is 0 Å². The van der Waals surface area contributed by atoms with E-state index in [9.17, 15) is 0 Å². The molecule has 2 aromatic carbocycles. The molecule has 0 aliphatic heterocycles. The van der Waals surface area contributed by atoms with E-state index in [-0.39, 0.29) is 0 Å². The molecule has 2 N–H and O–H groups in total. The fourth-order valence-electron chi connectivity index (χ4n) is 4.52. The van der Waals surface area contributed by atoms with Crippen LogP contribution in [0.3, 0.4) is 0 Å². The molecule has 0 saturated carbocycles. The average molecular weight is 378 g/mol. The van der Waals surface area contributed by atoms with Crippen LogP contribution in [0.5, 0.6) is 0 Å². The summed E-state index contributed by atoms with van der Waals surface area (Å²) in [7, 11) is 0. The van der Waals surface area contributed by atoms with Crippen LogP contribution in [0.25, 0.3) is 22.3 Å². The lowest BCUT2D eigenvalue weighted by atomic mass is 9.82. The van der Waals surface area contributed by atoms with Gasteiger partial charge >= 0.3 is 0 Å². The zero-order chi connectivity index (χ0) is 20.8. The second-order valence-corrected chi connectivity index (χ2v) is 8.13. The third-order valence-electron chi connectivity index (χ3n) is 6.25. The Labute approximate surface area is 174 Å². The summed E-state index contributed by atoms with van der Waals surface area (Å²) >= 11 is 0. The minimum Gasteiger partial charge on any atom is -0.318 e. The van der Waals surface area contributed by atoms with Crippen LogP contribution >= 0.6 is 0 Å². The zero-order valence-corrected chi connectivity index (χ0v) is 17.4. The van der Waals surface area contributed by atoms with Crippen LogP contribution in [-0.4, -0.2) is 0 Å². The molecule has 2 aromatic rings. The largest absolute Gasteiger partial charge is 0.318 e. The molecule has 29 heavy (non-hydrogen) atoms. The van der Waals surface area contributed by atoms with Crippen LogP contribution in [0.4, 0.5) is 0 Å². The van der Waals surface area contributed by atoms with Crippen molar-refractivity contribution in [1.82, 2.24) is 0 Å². The molecule has 2 aliphatic rings. The van der Waals surface area contributed by atoms with E-state index in [1.165, 1.54) is 22.3 Å². The average Bonchev–Trinajstić information content (AvgIpc) is 3.25. The maximum Gasteiger partial charge on any atom is 0.0637 e. The van der Waals surface area contributed by atoms with Gasteiger partial charge in [-0.05, 0) is 70.0 Å². The lowest BCUT2D eigenvalue weighted by Gasteiger charge is -2.27. The first-order valence-electron chi connectivity index (χ1n) is 10.1. The van der Waals surface area contributed by atoms with Gasteiger partial charge in [-0.1, -0.05) is 57.0 Å². The first-order valence-corrected chi connectivity index (χ1v) is 10.1. The molecular weight excluding hydrogens is 350 g/mol. The molecule has 0 saturated heterocycles. The number of rotatable bonds is 3. The van der Waals surface area contributed by atoms with E-state index in [0.717, 1.165) is 52.7 Å². The molecule has 0 radical (unpaired) electrons. The van der Waals surface area contributed by atoms with Crippen LogP contribution in [0, 0.1) is 0 Å². The molecule has 1 nitrogen and oxygen atoms in total. The van der Waals surface area contributed by atoms with Gasteiger partial charge in [-0.15, -0.1) is 11.5 Å². The van der Waals surface area contributed by atoms with Crippen LogP contribution < -0.4 is 5.73 Å². The van der Waals surface area contributed by atoms with Gasteiger partial charge in [0, 0.05) is 24.0 Å². The van der Waals surface area contributed by atoms with E-state index >= 15 is 0 Å². The molecule has 4 rings (SSSR count). The molecule has 1 unspecified atom stereocenters. The molecule has 2 aliphatic carbocycles. The number of hydrogen-bond acceptors (Lipinski definition) is 1. The fourth-order valence-corrected chi connectivity index (χ4v) is 4.52. The topological polar surface area (TPSA) is 26.0 Å². The van der Waals surface area contributed by atoms with Gasteiger partial charge in [0.15, 0.2) is 0 Å². The highest BCUT2D eigenvalue weighted by atomic mass is 14.7. The van der Waals surface area contributed by atoms with Gasteiger partial charge in [0.25, 0.3) is 0 Å². The predicted octanol–water partition coefficient (Wildman–Crippen LogP) is 6.86. The second kappa shape index (κ2) is 7.07. The normalized spacial score (nSPS) is 18.3. The van der Waals surface area contributed by atoms with Gasteiger partial charge < -0.3 is 5.73 Å². The minimum atomic E-state index is -0.617. The highest BCUT2D eigenvalue weighted by Crippen LogP contribution is 2.44. The third-order valence-corrected chi connectivity index (χ3v) is 6.25. The minimum absolute atomic E-state index is 0.617. The maximum absolute atomic E-state index is 6.92. The lowest BCUT2D eigenvalue weighted by Crippen LogP contribution is -2.34. The lowest BCUT2D eigenvalue weighted by molar-refractivity contribution is 0.603. The molecule has 1 heteroatoms. The van der Waals surface area contributed by atoms with E-state index in [0.29, 0.717) is 0 Å². The van der Waals surface area contributed by atoms with Crippen LogP contribution in [0.1, 0.15) is 66.5 Å². The number of nitrogens with two attached hydrogens (primary N) is 1. The van der Waals surface area contributed by atoms with Gasteiger partial charge in [0.05, 0.1) is 5.54 Å². The Hall–Kier alpha value is -3.08. The monoisotopic (exact) mass is 377 g/mol. The summed E-state index contributed by atoms with van der Waals surface area (Å²) in [6.45, 7) is 16.2. The standard InChI is InChI=1S/C28H27N/c1-6-9-21-15-20(8-3)27-17-23(11-13-25(21)27)28(5,29)22-10-12-24-19(7-2)14-18(4)26(24)16-22/h9-13,16-17H,2-4,6,14-15,29H2,1,5H3/b21-9+. The number of allylic oxidation sites excluding steroid dienone is 5. The first-order chi connectivity index (χ1) is 13.9. The Kier molecular flexibility index (Phi) is 4.69. The van der Waals surface area contributed by atoms with Gasteiger partial charge in [0.2, 0.25) is 0 Å². The number of benzene rings is 2. The predicted molar refractivity (Wildman–Crippen MR) is 125 cm³/mol. The molecule has 0 spiro atoms. The van der Waals surface area contributed by atoms with Crippen molar-refractivity contribution in [2.45, 2.75) is 38.6 Å². The first kappa shape index (κ1) is 19.2. The third kappa shape index (κ3) is 3.01. The number of fused-ring (bicyclic) bond motifs is 2. The van der Waals surface area contributed by atoms with E-state index in [1.54, 1.807) is 0 Å². The highest BCUT2D eigenvalue weighted by molar-refractivity contribution is 5.93. The Morgan fingerprint density at radius 2 is 1.52 bits per heavy atom. The Morgan fingerprint density at radius 3 is 2.14 bits per heavy atom. The Bertz CT molecular complexity index is 1170. The van der Waals surface area contributed by atoms with Gasteiger partial charge in [0.1, 0.15) is 0 Å². The molecule has 0 fully saturated rings. The van der Waals surface area contributed by atoms with E-state index in [2.05, 4.69) is 87.5 Å². The summed E-state index contributed by atoms with van der Waals surface area (Å²) in [6.07, 6.45) is 5.02. The summed E-state index contributed by atoms with van der Waals surface area (Å²) < 4.78 is 0. The summed E-state index contributed by atoms with van der Waals surface area (Å²) in [4.78, 5) is 0. The van der Waals surface area contributed by atoms with Crippen LogP contribution in [0.15, 0.2) is 73.7 Å². The van der Waals surface area contributed by atoms with E-state index in [4.69, 9.17) is 5.73 Å². The van der Waals surface area contributed by atoms with Crippen molar-refractivity contribution in [3.8, 4) is 0 Å². The molecular formula is C28H27N. The summed E-state index contributed by atoms with van der Waals surface area (Å²) in [5, 5.41) is 0. The van der Waals surface area contributed by atoms with Gasteiger partial charge in [-0.3, -0.25) is 0 Å². The van der Waals surface area contributed by atoms with Crippen molar-refractivity contribution in [1.29, 1.82) is 0 Å². The smallest absolute Gasteiger partial charge is 0.0637 e. The van der Waals surface area contributed by atoms with Crippen molar-refractivity contribution in [2.24, 2.45) is 5.73 Å². The van der Waals surface area contributed by atoms with Gasteiger partial charge in [-0.2, -0.15) is 0 Å².